The zero-order valence-corrected chi connectivity index (χ0v) is 20.4. The van der Waals surface area contributed by atoms with Crippen LogP contribution in [0.5, 0.6) is 0 Å². The van der Waals surface area contributed by atoms with Crippen LogP contribution in [0.3, 0.4) is 0 Å². The lowest BCUT2D eigenvalue weighted by Gasteiger charge is -2.23. The van der Waals surface area contributed by atoms with Crippen LogP contribution >= 0.6 is 0 Å². The number of imidazole rings is 1. The van der Waals surface area contributed by atoms with Crippen LogP contribution in [0.15, 0.2) is 42.7 Å². The Bertz CT molecular complexity index is 1340. The predicted molar refractivity (Wildman–Crippen MR) is 135 cm³/mol. The number of hydrogen-bond acceptors (Lipinski definition) is 0. The lowest BCUT2D eigenvalue weighted by atomic mass is 9.81. The fourth-order valence-electron chi connectivity index (χ4n) is 5.17. The Morgan fingerprint density at radius 3 is 1.74 bits per heavy atom. The Labute approximate surface area is 185 Å². The van der Waals surface area contributed by atoms with Crippen molar-refractivity contribution in [3.8, 4) is 0 Å². The summed E-state index contributed by atoms with van der Waals surface area (Å²) in [5.41, 5.74) is 5.79. The Balaban J connectivity index is 2.13. The molecule has 0 aliphatic carbocycles. The SMILES string of the molecule is CCn1c[n+](CC)c2c3cc(C(C)(C)C)cc4ccc5cc(C(C)(C)C)cc(c5c43)c21. The number of rotatable bonds is 2. The maximum atomic E-state index is 2.47. The third-order valence-corrected chi connectivity index (χ3v) is 7.03. The highest BCUT2D eigenvalue weighted by atomic mass is 15.1. The summed E-state index contributed by atoms with van der Waals surface area (Å²) in [6.45, 7) is 20.4. The first-order valence-corrected chi connectivity index (χ1v) is 11.7. The minimum atomic E-state index is 0.112. The van der Waals surface area contributed by atoms with Gasteiger partial charge in [-0.3, -0.25) is 0 Å². The maximum Gasteiger partial charge on any atom is 0.244 e. The van der Waals surface area contributed by atoms with Crippen molar-refractivity contribution in [3.05, 3.63) is 53.9 Å². The summed E-state index contributed by atoms with van der Waals surface area (Å²) >= 11 is 0. The summed E-state index contributed by atoms with van der Waals surface area (Å²) in [6.07, 6.45) is 2.32. The highest BCUT2D eigenvalue weighted by molar-refractivity contribution is 6.32. The van der Waals surface area contributed by atoms with Crippen molar-refractivity contribution in [2.75, 3.05) is 0 Å². The molecule has 0 aliphatic heterocycles. The second-order valence-corrected chi connectivity index (χ2v) is 11.2. The van der Waals surface area contributed by atoms with E-state index in [2.05, 4.69) is 107 Å². The zero-order valence-electron chi connectivity index (χ0n) is 20.4. The van der Waals surface area contributed by atoms with Gasteiger partial charge >= 0.3 is 0 Å². The Morgan fingerprint density at radius 2 is 1.26 bits per heavy atom. The van der Waals surface area contributed by atoms with Gasteiger partial charge in [-0.1, -0.05) is 65.8 Å². The summed E-state index contributed by atoms with van der Waals surface area (Å²) < 4.78 is 4.90. The molecule has 31 heavy (non-hydrogen) atoms. The molecule has 0 unspecified atom stereocenters. The molecule has 2 nitrogen and oxygen atoms in total. The summed E-state index contributed by atoms with van der Waals surface area (Å²) in [5, 5.41) is 8.35. The van der Waals surface area contributed by atoms with Crippen molar-refractivity contribution in [1.82, 2.24) is 4.57 Å². The van der Waals surface area contributed by atoms with Gasteiger partial charge in [-0.2, -0.15) is 0 Å². The molecule has 0 bridgehead atoms. The van der Waals surface area contributed by atoms with Crippen LogP contribution in [-0.4, -0.2) is 4.57 Å². The molecular weight excluding hydrogens is 376 g/mol. The first-order chi connectivity index (χ1) is 14.5. The highest BCUT2D eigenvalue weighted by Gasteiger charge is 2.27. The smallest absolute Gasteiger partial charge is 0.230 e. The molecule has 0 fully saturated rings. The normalized spacial score (nSPS) is 13.4. The van der Waals surface area contributed by atoms with Crippen LogP contribution in [0.4, 0.5) is 0 Å². The van der Waals surface area contributed by atoms with Crippen LogP contribution in [-0.2, 0) is 23.9 Å². The summed E-state index contributed by atoms with van der Waals surface area (Å²) in [6, 6.07) is 14.4. The fourth-order valence-corrected chi connectivity index (χ4v) is 5.17. The van der Waals surface area contributed by atoms with Crippen LogP contribution in [0, 0.1) is 0 Å². The van der Waals surface area contributed by atoms with E-state index in [1.165, 1.54) is 54.5 Å². The van der Waals surface area contributed by atoms with Crippen molar-refractivity contribution in [2.24, 2.45) is 0 Å². The lowest BCUT2D eigenvalue weighted by Crippen LogP contribution is -2.30. The van der Waals surface area contributed by atoms with E-state index in [1.807, 2.05) is 0 Å². The molecule has 0 radical (unpaired) electrons. The molecule has 0 saturated carbocycles. The minimum absolute atomic E-state index is 0.112. The number of aromatic nitrogens is 2. The van der Waals surface area contributed by atoms with Gasteiger partial charge in [0, 0.05) is 21.5 Å². The first kappa shape index (κ1) is 20.3. The third-order valence-electron chi connectivity index (χ3n) is 7.03. The van der Waals surface area contributed by atoms with Crippen LogP contribution in [0.2, 0.25) is 0 Å². The van der Waals surface area contributed by atoms with E-state index in [0.29, 0.717) is 0 Å². The number of hydrogen-bond donors (Lipinski definition) is 0. The standard InChI is InChI=1S/C29H35N2/c1-9-30-17-31(10-2)27-23-16-21(29(6,7)8)14-19-12-11-18-13-20(28(3,4)5)15-22(26(27)30)24(18)25(19)23/h11-17H,9-10H2,1-8H3/q+1. The van der Waals surface area contributed by atoms with E-state index in [1.54, 1.807) is 0 Å². The van der Waals surface area contributed by atoms with Gasteiger partial charge in [-0.15, -0.1) is 0 Å². The van der Waals surface area contributed by atoms with Crippen LogP contribution < -0.4 is 4.57 Å². The van der Waals surface area contributed by atoms with Crippen LogP contribution in [0.1, 0.15) is 66.5 Å². The molecule has 1 heterocycles. The van der Waals surface area contributed by atoms with Gasteiger partial charge in [0.1, 0.15) is 0 Å². The molecule has 0 amide bonds. The molecule has 0 atom stereocenters. The Kier molecular flexibility index (Phi) is 4.22. The molecule has 0 N–H and O–H groups in total. The van der Waals surface area contributed by atoms with E-state index >= 15 is 0 Å². The lowest BCUT2D eigenvalue weighted by molar-refractivity contribution is -0.667. The molecular formula is C29H35N2+. The molecule has 0 aliphatic rings. The number of nitrogens with zero attached hydrogens (tertiary/aromatic N) is 2. The van der Waals surface area contributed by atoms with E-state index in [-0.39, 0.29) is 10.8 Å². The van der Waals surface area contributed by atoms with Crippen molar-refractivity contribution < 1.29 is 4.57 Å². The van der Waals surface area contributed by atoms with Gasteiger partial charge in [0.25, 0.3) is 0 Å². The Morgan fingerprint density at radius 1 is 0.742 bits per heavy atom. The zero-order chi connectivity index (χ0) is 22.3. The highest BCUT2D eigenvalue weighted by Crippen LogP contribution is 2.43. The van der Waals surface area contributed by atoms with Gasteiger partial charge < -0.3 is 0 Å². The van der Waals surface area contributed by atoms with Gasteiger partial charge in [0.2, 0.25) is 6.33 Å². The first-order valence-electron chi connectivity index (χ1n) is 11.7. The van der Waals surface area contributed by atoms with Gasteiger partial charge in [-0.05, 0) is 58.7 Å². The summed E-state index contributed by atoms with van der Waals surface area (Å²) in [7, 11) is 0. The topological polar surface area (TPSA) is 8.81 Å². The molecule has 2 heteroatoms. The van der Waals surface area contributed by atoms with E-state index in [9.17, 15) is 0 Å². The molecule has 5 rings (SSSR count). The van der Waals surface area contributed by atoms with E-state index in [4.69, 9.17) is 0 Å². The Hall–Kier alpha value is -2.61. The monoisotopic (exact) mass is 411 g/mol. The summed E-state index contributed by atoms with van der Waals surface area (Å²) in [5.74, 6) is 0. The van der Waals surface area contributed by atoms with Crippen molar-refractivity contribution in [2.45, 2.75) is 79.3 Å². The van der Waals surface area contributed by atoms with Gasteiger partial charge in [0.05, 0.1) is 13.1 Å². The minimum Gasteiger partial charge on any atom is -0.230 e. The predicted octanol–water partition coefficient (Wildman–Crippen LogP) is 7.46. The van der Waals surface area contributed by atoms with Gasteiger partial charge in [-0.25, -0.2) is 9.13 Å². The maximum absolute atomic E-state index is 2.47. The van der Waals surface area contributed by atoms with Crippen molar-refractivity contribution in [3.63, 3.8) is 0 Å². The van der Waals surface area contributed by atoms with E-state index in [0.717, 1.165) is 13.1 Å². The quantitative estimate of drug-likeness (QED) is 0.210. The van der Waals surface area contributed by atoms with Crippen molar-refractivity contribution >= 4 is 43.4 Å². The largest absolute Gasteiger partial charge is 0.244 e. The molecule has 0 spiro atoms. The number of fused-ring (bicyclic) bond motifs is 3. The van der Waals surface area contributed by atoms with Crippen LogP contribution in [0.25, 0.3) is 43.4 Å². The molecule has 4 aromatic carbocycles. The molecule has 160 valence electrons. The number of benzene rings is 4. The van der Waals surface area contributed by atoms with E-state index < -0.39 is 0 Å². The summed E-state index contributed by atoms with van der Waals surface area (Å²) in [4.78, 5) is 0. The second kappa shape index (κ2) is 6.45. The second-order valence-electron chi connectivity index (χ2n) is 11.2. The third kappa shape index (κ3) is 2.87. The fraction of sp³-hybridized carbons (Fsp3) is 0.414. The van der Waals surface area contributed by atoms with Gasteiger partial charge in [0.15, 0.2) is 11.0 Å². The van der Waals surface area contributed by atoms with Crippen molar-refractivity contribution in [1.29, 1.82) is 0 Å². The average Bonchev–Trinajstić information content (AvgIpc) is 3.09. The molecule has 5 aromatic rings. The number of aryl methyl sites for hydroxylation is 2. The molecule has 1 aromatic heterocycles. The average molecular weight is 412 g/mol. The molecule has 0 saturated heterocycles.